The number of nitrogens with zero attached hydrogens (tertiary/aromatic N) is 1. The van der Waals surface area contributed by atoms with E-state index in [-0.39, 0.29) is 5.91 Å². The number of carbonyl (C=O) groups excluding carboxylic acids is 1. The van der Waals surface area contributed by atoms with Crippen LogP contribution in [0.2, 0.25) is 0 Å². The molecule has 0 bridgehead atoms. The number of hydrogen-bond donors (Lipinski definition) is 1. The molecule has 0 aromatic carbocycles. The smallest absolute Gasteiger partial charge is 0.270 e. The van der Waals surface area contributed by atoms with E-state index >= 15 is 0 Å². The van der Waals surface area contributed by atoms with Crippen LogP contribution in [0.15, 0.2) is 0 Å². The van der Waals surface area contributed by atoms with Gasteiger partial charge in [0, 0.05) is 11.9 Å². The third-order valence-corrected chi connectivity index (χ3v) is 2.23. The van der Waals surface area contributed by atoms with E-state index in [1.165, 1.54) is 0 Å². The molecule has 0 aliphatic heterocycles. The number of thiazole rings is 1. The lowest BCUT2D eigenvalue weighted by Gasteiger charge is -1.93. The maximum atomic E-state index is 11.1. The van der Waals surface area contributed by atoms with Crippen LogP contribution in [0.5, 0.6) is 0 Å². The minimum Gasteiger partial charge on any atom is -0.354 e. The van der Waals surface area contributed by atoms with Crippen molar-refractivity contribution in [3.8, 4) is 0 Å². The first-order valence-electron chi connectivity index (χ1n) is 3.31. The fraction of sp³-hybridized carbons (Fsp3) is 0.429. The first kappa shape index (κ1) is 8.20. The quantitative estimate of drug-likeness (QED) is 0.686. The maximum absolute atomic E-state index is 11.1. The summed E-state index contributed by atoms with van der Waals surface area (Å²) >= 11 is 1.54. The summed E-state index contributed by atoms with van der Waals surface area (Å²) in [7, 11) is 1.61. The minimum atomic E-state index is -0.105. The summed E-state index contributed by atoms with van der Waals surface area (Å²) in [4.78, 5) is 16.1. The zero-order chi connectivity index (χ0) is 8.43. The average Bonchev–Trinajstić information content (AvgIpc) is 2.28. The van der Waals surface area contributed by atoms with Crippen molar-refractivity contribution >= 4 is 17.2 Å². The van der Waals surface area contributed by atoms with Gasteiger partial charge in [-0.1, -0.05) is 0 Å². The van der Waals surface area contributed by atoms with Crippen LogP contribution in [0.25, 0.3) is 0 Å². The monoisotopic (exact) mass is 170 g/mol. The van der Waals surface area contributed by atoms with Gasteiger partial charge in [-0.3, -0.25) is 4.79 Å². The van der Waals surface area contributed by atoms with Gasteiger partial charge < -0.3 is 5.32 Å². The Bertz CT molecular complexity index is 280. The van der Waals surface area contributed by atoms with Crippen molar-refractivity contribution < 1.29 is 4.79 Å². The Labute approximate surface area is 69.5 Å². The summed E-state index contributed by atoms with van der Waals surface area (Å²) in [5.74, 6) is -0.105. The fourth-order valence-electron chi connectivity index (χ4n) is 0.858. The third-order valence-electron chi connectivity index (χ3n) is 1.35. The Balaban J connectivity index is 3.03. The van der Waals surface area contributed by atoms with E-state index < -0.39 is 0 Å². The zero-order valence-corrected chi connectivity index (χ0v) is 7.58. The Morgan fingerprint density at radius 3 is 2.55 bits per heavy atom. The van der Waals surface area contributed by atoms with E-state index in [1.54, 1.807) is 18.4 Å². The molecule has 1 aromatic heterocycles. The minimum absolute atomic E-state index is 0.105. The number of carbonyl (C=O) groups is 1. The van der Waals surface area contributed by atoms with Gasteiger partial charge in [-0.05, 0) is 13.8 Å². The summed E-state index contributed by atoms with van der Waals surface area (Å²) in [5.41, 5.74) is 0.551. The number of aromatic nitrogens is 1. The lowest BCUT2D eigenvalue weighted by molar-refractivity contribution is 0.0958. The predicted molar refractivity (Wildman–Crippen MR) is 45.0 cm³/mol. The van der Waals surface area contributed by atoms with Crippen LogP contribution in [-0.2, 0) is 0 Å². The molecule has 0 fully saturated rings. The van der Waals surface area contributed by atoms with Crippen molar-refractivity contribution in [1.82, 2.24) is 10.3 Å². The highest BCUT2D eigenvalue weighted by Gasteiger charge is 2.10. The Morgan fingerprint density at radius 1 is 1.55 bits per heavy atom. The van der Waals surface area contributed by atoms with Crippen molar-refractivity contribution in [1.29, 1.82) is 0 Å². The van der Waals surface area contributed by atoms with Crippen LogP contribution in [0, 0.1) is 13.8 Å². The number of hydrogen-bond acceptors (Lipinski definition) is 3. The van der Waals surface area contributed by atoms with E-state index in [0.717, 1.165) is 9.88 Å². The molecule has 1 aromatic rings. The van der Waals surface area contributed by atoms with Gasteiger partial charge in [0.05, 0.1) is 5.01 Å². The molecule has 1 amide bonds. The van der Waals surface area contributed by atoms with Gasteiger partial charge in [0.25, 0.3) is 5.91 Å². The van der Waals surface area contributed by atoms with Crippen molar-refractivity contribution in [2.45, 2.75) is 13.8 Å². The molecule has 0 aliphatic carbocycles. The number of rotatable bonds is 1. The van der Waals surface area contributed by atoms with Crippen LogP contribution in [0.3, 0.4) is 0 Å². The fourth-order valence-corrected chi connectivity index (χ4v) is 1.67. The van der Waals surface area contributed by atoms with Gasteiger partial charge in [-0.2, -0.15) is 0 Å². The highest BCUT2D eigenvalue weighted by molar-refractivity contribution is 7.11. The van der Waals surface area contributed by atoms with Gasteiger partial charge in [0.2, 0.25) is 0 Å². The molecule has 0 unspecified atom stereocenters. The lowest BCUT2D eigenvalue weighted by Crippen LogP contribution is -2.18. The summed E-state index contributed by atoms with van der Waals surface area (Å²) in [5, 5.41) is 3.47. The SMILES string of the molecule is CNC(=O)c1nc(C)sc1C. The van der Waals surface area contributed by atoms with Gasteiger partial charge in [-0.25, -0.2) is 4.98 Å². The number of nitrogens with one attached hydrogen (secondary N) is 1. The Hall–Kier alpha value is -0.900. The summed E-state index contributed by atoms with van der Waals surface area (Å²) < 4.78 is 0. The largest absolute Gasteiger partial charge is 0.354 e. The molecule has 3 nitrogen and oxygen atoms in total. The lowest BCUT2D eigenvalue weighted by atomic mass is 10.4. The molecule has 1 N–H and O–H groups in total. The highest BCUT2D eigenvalue weighted by atomic mass is 32.1. The highest BCUT2D eigenvalue weighted by Crippen LogP contribution is 2.15. The Kier molecular flexibility index (Phi) is 2.24. The van der Waals surface area contributed by atoms with E-state index in [4.69, 9.17) is 0 Å². The second kappa shape index (κ2) is 3.00. The standard InChI is InChI=1S/C7H10N2OS/c1-4-6(7(10)8-3)9-5(2)11-4/h1-3H3,(H,8,10). The predicted octanol–water partition coefficient (Wildman–Crippen LogP) is 1.12. The normalized spacial score (nSPS) is 9.73. The van der Waals surface area contributed by atoms with E-state index in [1.807, 2.05) is 13.8 Å². The first-order chi connectivity index (χ1) is 5.15. The summed E-state index contributed by atoms with van der Waals surface area (Å²) in [6, 6.07) is 0. The Morgan fingerprint density at radius 2 is 2.18 bits per heavy atom. The first-order valence-corrected chi connectivity index (χ1v) is 4.13. The molecule has 0 saturated heterocycles. The molecule has 0 atom stereocenters. The molecule has 0 saturated carbocycles. The van der Waals surface area contributed by atoms with E-state index in [9.17, 15) is 4.79 Å². The van der Waals surface area contributed by atoms with Gasteiger partial charge in [0.1, 0.15) is 5.69 Å². The maximum Gasteiger partial charge on any atom is 0.270 e. The van der Waals surface area contributed by atoms with Crippen LogP contribution >= 0.6 is 11.3 Å². The van der Waals surface area contributed by atoms with Gasteiger partial charge >= 0.3 is 0 Å². The van der Waals surface area contributed by atoms with Crippen LogP contribution in [-0.4, -0.2) is 17.9 Å². The summed E-state index contributed by atoms with van der Waals surface area (Å²) in [6.07, 6.45) is 0. The molecule has 1 heterocycles. The molecule has 0 radical (unpaired) electrons. The zero-order valence-electron chi connectivity index (χ0n) is 6.76. The van der Waals surface area contributed by atoms with Crippen LogP contribution < -0.4 is 5.32 Å². The molecular formula is C7H10N2OS. The van der Waals surface area contributed by atoms with Crippen molar-refractivity contribution in [3.05, 3.63) is 15.6 Å². The molecule has 4 heteroatoms. The van der Waals surface area contributed by atoms with Crippen molar-refractivity contribution in [3.63, 3.8) is 0 Å². The molecule has 60 valence electrons. The third kappa shape index (κ3) is 1.57. The summed E-state index contributed by atoms with van der Waals surface area (Å²) in [6.45, 7) is 3.79. The van der Waals surface area contributed by atoms with Crippen molar-refractivity contribution in [2.75, 3.05) is 7.05 Å². The number of amides is 1. The van der Waals surface area contributed by atoms with E-state index in [0.29, 0.717) is 5.69 Å². The van der Waals surface area contributed by atoms with Gasteiger partial charge in [0.15, 0.2) is 0 Å². The van der Waals surface area contributed by atoms with Crippen LogP contribution in [0.4, 0.5) is 0 Å². The van der Waals surface area contributed by atoms with Gasteiger partial charge in [-0.15, -0.1) is 11.3 Å². The second-order valence-electron chi connectivity index (χ2n) is 2.22. The molecule has 1 rings (SSSR count). The molecule has 0 spiro atoms. The topological polar surface area (TPSA) is 42.0 Å². The average molecular weight is 170 g/mol. The van der Waals surface area contributed by atoms with E-state index in [2.05, 4.69) is 10.3 Å². The second-order valence-corrected chi connectivity index (χ2v) is 3.62. The number of aryl methyl sites for hydroxylation is 2. The van der Waals surface area contributed by atoms with Crippen molar-refractivity contribution in [2.24, 2.45) is 0 Å². The van der Waals surface area contributed by atoms with Crippen LogP contribution in [0.1, 0.15) is 20.4 Å². The molecule has 0 aliphatic rings. The molecular weight excluding hydrogens is 160 g/mol. The molecule has 11 heavy (non-hydrogen) atoms.